The molecule has 1 heterocycles. The van der Waals surface area contributed by atoms with Crippen LogP contribution in [0.5, 0.6) is 5.88 Å². The van der Waals surface area contributed by atoms with Crippen LogP contribution < -0.4 is 10.1 Å². The highest BCUT2D eigenvalue weighted by molar-refractivity contribution is 5.07. The largest absolute Gasteiger partial charge is 0.473 e. The lowest BCUT2D eigenvalue weighted by atomic mass is 10.1. The summed E-state index contributed by atoms with van der Waals surface area (Å²) >= 11 is 0. The quantitative estimate of drug-likeness (QED) is 0.874. The molecule has 0 fully saturated rings. The number of nitrogens with zero attached hydrogens (tertiary/aromatic N) is 2. The summed E-state index contributed by atoms with van der Waals surface area (Å²) in [5.74, 6) is 1.06. The van der Waals surface area contributed by atoms with Crippen molar-refractivity contribution in [2.24, 2.45) is 5.92 Å². The molecule has 1 N–H and O–H groups in total. The van der Waals surface area contributed by atoms with E-state index >= 15 is 0 Å². The number of hydrogen-bond acceptors (Lipinski definition) is 4. The average Bonchev–Trinajstić information content (AvgIpc) is 2.27. The molecule has 18 heavy (non-hydrogen) atoms. The molecule has 4 nitrogen and oxygen atoms in total. The minimum absolute atomic E-state index is 0.0863. The second-order valence-electron chi connectivity index (χ2n) is 6.02. The topological polar surface area (TPSA) is 47.0 Å². The summed E-state index contributed by atoms with van der Waals surface area (Å²) in [6.07, 6.45) is 3.61. The molecule has 0 bridgehead atoms. The highest BCUT2D eigenvalue weighted by Gasteiger charge is 2.11. The van der Waals surface area contributed by atoms with Crippen LogP contribution >= 0.6 is 0 Å². The summed E-state index contributed by atoms with van der Waals surface area (Å²) in [4.78, 5) is 8.62. The minimum Gasteiger partial charge on any atom is -0.473 e. The van der Waals surface area contributed by atoms with Gasteiger partial charge in [-0.15, -0.1) is 0 Å². The Balaban J connectivity index is 2.52. The smallest absolute Gasteiger partial charge is 0.232 e. The zero-order valence-corrected chi connectivity index (χ0v) is 12.3. The van der Waals surface area contributed by atoms with Gasteiger partial charge in [0.25, 0.3) is 0 Å². The first-order chi connectivity index (χ1) is 8.28. The number of ether oxygens (including phenoxy) is 1. The summed E-state index contributed by atoms with van der Waals surface area (Å²) < 4.78 is 5.68. The molecule has 0 saturated heterocycles. The third kappa shape index (κ3) is 5.45. The second kappa shape index (κ2) is 6.14. The zero-order chi connectivity index (χ0) is 13.8. The number of nitrogens with one attached hydrogen (secondary N) is 1. The fourth-order valence-corrected chi connectivity index (χ4v) is 1.18. The van der Waals surface area contributed by atoms with Crippen molar-refractivity contribution in [3.05, 3.63) is 18.1 Å². The van der Waals surface area contributed by atoms with Crippen molar-refractivity contribution in [3.63, 3.8) is 0 Å². The van der Waals surface area contributed by atoms with Crippen molar-refractivity contribution in [2.45, 2.75) is 59.7 Å². The summed E-state index contributed by atoms with van der Waals surface area (Å²) in [7, 11) is 0. The van der Waals surface area contributed by atoms with Crippen molar-refractivity contribution in [1.29, 1.82) is 0 Å². The van der Waals surface area contributed by atoms with Gasteiger partial charge in [-0.2, -0.15) is 0 Å². The number of aromatic nitrogens is 2. The lowest BCUT2D eigenvalue weighted by molar-refractivity contribution is 0.162. The van der Waals surface area contributed by atoms with Gasteiger partial charge in [-0.1, -0.05) is 13.8 Å². The van der Waals surface area contributed by atoms with Gasteiger partial charge in [0.05, 0.1) is 24.2 Å². The lowest BCUT2D eigenvalue weighted by Gasteiger charge is -2.20. The predicted molar refractivity (Wildman–Crippen MR) is 73.6 cm³/mol. The first-order valence-electron chi connectivity index (χ1n) is 6.50. The predicted octanol–water partition coefficient (Wildman–Crippen LogP) is 2.79. The van der Waals surface area contributed by atoms with Crippen molar-refractivity contribution in [2.75, 3.05) is 0 Å². The third-order valence-corrected chi connectivity index (χ3v) is 2.73. The van der Waals surface area contributed by atoms with Gasteiger partial charge < -0.3 is 10.1 Å². The van der Waals surface area contributed by atoms with Crippen molar-refractivity contribution in [1.82, 2.24) is 15.3 Å². The molecule has 4 heteroatoms. The SMILES string of the molecule is CC(C)C(C)Oc1cnc(CNC(C)(C)C)cn1. The Bertz CT molecular complexity index is 354. The summed E-state index contributed by atoms with van der Waals surface area (Å²) in [6.45, 7) is 13.4. The van der Waals surface area contributed by atoms with Gasteiger partial charge in [0.15, 0.2) is 0 Å². The van der Waals surface area contributed by atoms with Gasteiger partial charge in [0.1, 0.15) is 0 Å². The van der Waals surface area contributed by atoms with E-state index in [1.54, 1.807) is 12.4 Å². The van der Waals surface area contributed by atoms with Gasteiger partial charge in [-0.25, -0.2) is 4.98 Å². The number of rotatable bonds is 5. The van der Waals surface area contributed by atoms with Crippen LogP contribution in [0.4, 0.5) is 0 Å². The van der Waals surface area contributed by atoms with Gasteiger partial charge in [0.2, 0.25) is 5.88 Å². The molecule has 102 valence electrons. The summed E-state index contributed by atoms with van der Waals surface area (Å²) in [5.41, 5.74) is 1.01. The van der Waals surface area contributed by atoms with E-state index in [0.29, 0.717) is 11.8 Å². The molecular formula is C14H25N3O. The van der Waals surface area contributed by atoms with Gasteiger partial charge >= 0.3 is 0 Å². The van der Waals surface area contributed by atoms with Crippen LogP contribution in [-0.2, 0) is 6.54 Å². The van der Waals surface area contributed by atoms with E-state index in [-0.39, 0.29) is 11.6 Å². The number of hydrogen-bond donors (Lipinski definition) is 1. The zero-order valence-electron chi connectivity index (χ0n) is 12.3. The van der Waals surface area contributed by atoms with E-state index in [1.165, 1.54) is 0 Å². The summed E-state index contributed by atoms with van der Waals surface area (Å²) in [6, 6.07) is 0. The molecule has 1 atom stereocenters. The Morgan fingerprint density at radius 1 is 1.17 bits per heavy atom. The molecule has 0 aliphatic heterocycles. The van der Waals surface area contributed by atoms with Gasteiger partial charge in [0, 0.05) is 12.1 Å². The molecule has 1 unspecified atom stereocenters. The highest BCUT2D eigenvalue weighted by Crippen LogP contribution is 2.12. The molecule has 0 saturated carbocycles. The molecule has 0 aliphatic carbocycles. The summed E-state index contributed by atoms with van der Waals surface area (Å²) in [5, 5.41) is 3.37. The molecule has 0 aromatic carbocycles. The molecular weight excluding hydrogens is 226 g/mol. The Hall–Kier alpha value is -1.16. The highest BCUT2D eigenvalue weighted by atomic mass is 16.5. The fourth-order valence-electron chi connectivity index (χ4n) is 1.18. The van der Waals surface area contributed by atoms with Crippen molar-refractivity contribution in [3.8, 4) is 5.88 Å². The van der Waals surface area contributed by atoms with Crippen LogP contribution in [0.15, 0.2) is 12.4 Å². The Kier molecular flexibility index (Phi) is 5.08. The van der Waals surface area contributed by atoms with E-state index < -0.39 is 0 Å². The van der Waals surface area contributed by atoms with Gasteiger partial charge in [-0.3, -0.25) is 4.98 Å². The maximum Gasteiger partial charge on any atom is 0.232 e. The van der Waals surface area contributed by atoms with Gasteiger partial charge in [-0.05, 0) is 33.6 Å². The average molecular weight is 251 g/mol. The molecule has 0 spiro atoms. The molecule has 1 aromatic rings. The second-order valence-corrected chi connectivity index (χ2v) is 6.02. The normalized spacial score (nSPS) is 13.7. The monoisotopic (exact) mass is 251 g/mol. The van der Waals surface area contributed by atoms with Crippen LogP contribution in [0, 0.1) is 5.92 Å². The molecule has 1 rings (SSSR count). The maximum absolute atomic E-state index is 5.68. The minimum atomic E-state index is 0.0863. The third-order valence-electron chi connectivity index (χ3n) is 2.73. The molecule has 1 aromatic heterocycles. The Labute approximate surface area is 110 Å². The van der Waals surface area contributed by atoms with Crippen LogP contribution in [0.1, 0.15) is 47.2 Å². The lowest BCUT2D eigenvalue weighted by Crippen LogP contribution is -2.35. The van der Waals surface area contributed by atoms with Crippen molar-refractivity contribution >= 4 is 0 Å². The standard InChI is InChI=1S/C14H25N3O/c1-10(2)11(3)18-13-9-15-12(7-16-13)8-17-14(4,5)6/h7,9-11,17H,8H2,1-6H3. The van der Waals surface area contributed by atoms with E-state index in [2.05, 4.69) is 49.9 Å². The molecule has 0 aliphatic rings. The Morgan fingerprint density at radius 3 is 2.28 bits per heavy atom. The fraction of sp³-hybridized carbons (Fsp3) is 0.714. The van der Waals surface area contributed by atoms with Crippen LogP contribution in [-0.4, -0.2) is 21.6 Å². The van der Waals surface area contributed by atoms with E-state index in [9.17, 15) is 0 Å². The molecule has 0 amide bonds. The van der Waals surface area contributed by atoms with Crippen LogP contribution in [0.2, 0.25) is 0 Å². The van der Waals surface area contributed by atoms with Crippen molar-refractivity contribution < 1.29 is 4.74 Å². The van der Waals surface area contributed by atoms with E-state index in [0.717, 1.165) is 12.2 Å². The Morgan fingerprint density at radius 2 is 1.83 bits per heavy atom. The van der Waals surface area contributed by atoms with E-state index in [1.807, 2.05) is 6.92 Å². The first-order valence-corrected chi connectivity index (χ1v) is 6.50. The molecule has 0 radical (unpaired) electrons. The van der Waals surface area contributed by atoms with E-state index in [4.69, 9.17) is 4.74 Å². The first kappa shape index (κ1) is 14.9. The van der Waals surface area contributed by atoms with Crippen LogP contribution in [0.25, 0.3) is 0 Å². The van der Waals surface area contributed by atoms with Crippen LogP contribution in [0.3, 0.4) is 0 Å². The maximum atomic E-state index is 5.68.